The van der Waals surface area contributed by atoms with Gasteiger partial charge in [0.15, 0.2) is 0 Å². The van der Waals surface area contributed by atoms with Crippen molar-refractivity contribution >= 4 is 33.8 Å². The molecule has 0 aliphatic heterocycles. The lowest BCUT2D eigenvalue weighted by atomic mass is 10.1. The molecule has 3 rings (SSSR count). The van der Waals surface area contributed by atoms with Crippen molar-refractivity contribution in [1.82, 2.24) is 5.09 Å². The minimum atomic E-state index is -3.01. The minimum absolute atomic E-state index is 0.149. The normalized spacial score (nSPS) is 13.0. The van der Waals surface area contributed by atoms with Crippen LogP contribution in [0.5, 0.6) is 0 Å². The first-order valence-electron chi connectivity index (χ1n) is 9.04. The topological polar surface area (TPSA) is 29.1 Å². The maximum Gasteiger partial charge on any atom is 0.205 e. The molecule has 0 aliphatic rings. The Bertz CT molecular complexity index is 880. The van der Waals surface area contributed by atoms with Gasteiger partial charge in [0.25, 0.3) is 0 Å². The summed E-state index contributed by atoms with van der Waals surface area (Å²) in [5.74, 6) is 0. The monoisotopic (exact) mass is 439 g/mol. The molecule has 0 saturated carbocycles. The molecule has 27 heavy (non-hydrogen) atoms. The summed E-state index contributed by atoms with van der Waals surface area (Å²) in [5, 5.41) is 5.10. The molecule has 0 heterocycles. The lowest BCUT2D eigenvalue weighted by molar-refractivity contribution is 0.573. The summed E-state index contributed by atoms with van der Waals surface area (Å²) in [6.07, 6.45) is 5.14. The van der Waals surface area contributed by atoms with Crippen molar-refractivity contribution in [1.29, 1.82) is 0 Å². The Labute approximate surface area is 169 Å². The van der Waals surface area contributed by atoms with Crippen molar-refractivity contribution in [3.05, 3.63) is 107 Å². The highest BCUT2D eigenvalue weighted by atomic mass is 79.9. The van der Waals surface area contributed by atoms with E-state index in [2.05, 4.69) is 52.2 Å². The number of nitrogens with one attached hydrogen (secondary N) is 1. The summed E-state index contributed by atoms with van der Waals surface area (Å²) in [5.41, 5.74) is 1.08. The SMILES string of the molecule is CC/C=C/C(NP(=O)(c1ccccc1)c1ccccc1)c1ccc(Br)cc1. The molecule has 0 amide bonds. The van der Waals surface area contributed by atoms with E-state index in [4.69, 9.17) is 0 Å². The molecule has 0 fully saturated rings. The summed E-state index contributed by atoms with van der Waals surface area (Å²) < 4.78 is 15.3. The molecular weight excluding hydrogens is 417 g/mol. The zero-order valence-corrected chi connectivity index (χ0v) is 17.7. The Hall–Kier alpha value is -1.93. The van der Waals surface area contributed by atoms with Crippen LogP contribution in [0, 0.1) is 0 Å². The Morgan fingerprint density at radius 2 is 1.41 bits per heavy atom. The van der Waals surface area contributed by atoms with Crippen molar-refractivity contribution < 1.29 is 4.57 Å². The smallest absolute Gasteiger partial charge is 0.205 e. The van der Waals surface area contributed by atoms with Crippen molar-refractivity contribution in [2.24, 2.45) is 0 Å². The third kappa shape index (κ3) is 4.87. The third-order valence-corrected chi connectivity index (χ3v) is 7.58. The fourth-order valence-corrected chi connectivity index (χ4v) is 5.61. The van der Waals surface area contributed by atoms with Crippen LogP contribution in [0.15, 0.2) is 102 Å². The van der Waals surface area contributed by atoms with Gasteiger partial charge in [0, 0.05) is 15.1 Å². The van der Waals surface area contributed by atoms with Gasteiger partial charge in [0.05, 0.1) is 6.04 Å². The summed E-state index contributed by atoms with van der Waals surface area (Å²) in [4.78, 5) is 0. The molecule has 3 aromatic carbocycles. The van der Waals surface area contributed by atoms with Crippen LogP contribution in [-0.4, -0.2) is 0 Å². The number of rotatable bonds is 7. The molecule has 4 heteroatoms. The molecule has 0 spiro atoms. The third-order valence-electron chi connectivity index (χ3n) is 4.35. The van der Waals surface area contributed by atoms with E-state index in [-0.39, 0.29) is 6.04 Å². The number of hydrogen-bond donors (Lipinski definition) is 1. The van der Waals surface area contributed by atoms with Gasteiger partial charge in [-0.25, -0.2) is 5.09 Å². The molecule has 0 bridgehead atoms. The Balaban J connectivity index is 2.07. The van der Waals surface area contributed by atoms with Crippen LogP contribution in [0.4, 0.5) is 0 Å². The first-order valence-corrected chi connectivity index (χ1v) is 11.5. The molecular formula is C23H23BrNOP. The molecule has 138 valence electrons. The molecule has 2 nitrogen and oxygen atoms in total. The first-order chi connectivity index (χ1) is 13.1. The molecule has 1 atom stereocenters. The van der Waals surface area contributed by atoms with Crippen LogP contribution in [0.2, 0.25) is 0 Å². The Kier molecular flexibility index (Phi) is 6.84. The van der Waals surface area contributed by atoms with E-state index >= 15 is 0 Å². The average molecular weight is 440 g/mol. The first kappa shape index (κ1) is 19.8. The molecule has 0 radical (unpaired) electrons. The average Bonchev–Trinajstić information content (AvgIpc) is 2.73. The summed E-state index contributed by atoms with van der Waals surface area (Å²) in [7, 11) is -3.01. The quantitative estimate of drug-likeness (QED) is 0.362. The number of allylic oxidation sites excluding steroid dienone is 1. The summed E-state index contributed by atoms with van der Waals surface area (Å²) in [6, 6.07) is 27.4. The van der Waals surface area contributed by atoms with Gasteiger partial charge in [-0.15, -0.1) is 0 Å². The Morgan fingerprint density at radius 1 is 0.889 bits per heavy atom. The highest BCUT2D eigenvalue weighted by Gasteiger charge is 2.29. The van der Waals surface area contributed by atoms with Crippen LogP contribution in [0.25, 0.3) is 0 Å². The highest BCUT2D eigenvalue weighted by Crippen LogP contribution is 2.42. The number of benzene rings is 3. The predicted molar refractivity (Wildman–Crippen MR) is 119 cm³/mol. The summed E-state index contributed by atoms with van der Waals surface area (Å²) in [6.45, 7) is 2.10. The summed E-state index contributed by atoms with van der Waals surface area (Å²) >= 11 is 3.49. The van der Waals surface area contributed by atoms with Crippen molar-refractivity contribution in [3.63, 3.8) is 0 Å². The van der Waals surface area contributed by atoms with Crippen LogP contribution in [0.1, 0.15) is 24.9 Å². The van der Waals surface area contributed by atoms with Crippen LogP contribution >= 0.6 is 23.2 Å². The standard InChI is InChI=1S/C23H23BrNOP/c1-2-3-14-23(19-15-17-20(24)18-16-19)25-27(26,21-10-6-4-7-11-21)22-12-8-5-9-13-22/h3-18,23H,2H2,1H3,(H,25,26)/b14-3+. The van der Waals surface area contributed by atoms with E-state index in [1.54, 1.807) is 0 Å². The van der Waals surface area contributed by atoms with Crippen molar-refractivity contribution in [2.45, 2.75) is 19.4 Å². The van der Waals surface area contributed by atoms with Gasteiger partial charge in [0.1, 0.15) is 0 Å². The number of halogens is 1. The fourth-order valence-electron chi connectivity index (χ4n) is 2.94. The lowest BCUT2D eigenvalue weighted by Gasteiger charge is -2.26. The van der Waals surface area contributed by atoms with Crippen molar-refractivity contribution in [2.75, 3.05) is 0 Å². The zero-order valence-electron chi connectivity index (χ0n) is 15.3. The minimum Gasteiger partial charge on any atom is -0.296 e. The van der Waals surface area contributed by atoms with E-state index in [9.17, 15) is 4.57 Å². The fraction of sp³-hybridized carbons (Fsp3) is 0.130. The molecule has 0 aliphatic carbocycles. The van der Waals surface area contributed by atoms with Gasteiger partial charge in [-0.3, -0.25) is 4.57 Å². The largest absolute Gasteiger partial charge is 0.296 e. The van der Waals surface area contributed by atoms with E-state index in [1.807, 2.05) is 72.8 Å². The van der Waals surface area contributed by atoms with Gasteiger partial charge in [-0.05, 0) is 48.4 Å². The van der Waals surface area contributed by atoms with Gasteiger partial charge in [0.2, 0.25) is 7.29 Å². The van der Waals surface area contributed by atoms with Crippen LogP contribution in [0.3, 0.4) is 0 Å². The van der Waals surface area contributed by atoms with Crippen LogP contribution < -0.4 is 15.7 Å². The second-order valence-electron chi connectivity index (χ2n) is 6.28. The molecule has 0 aromatic heterocycles. The molecule has 1 N–H and O–H groups in total. The van der Waals surface area contributed by atoms with Crippen molar-refractivity contribution in [3.8, 4) is 0 Å². The van der Waals surface area contributed by atoms with E-state index in [0.717, 1.165) is 27.1 Å². The van der Waals surface area contributed by atoms with E-state index < -0.39 is 7.29 Å². The van der Waals surface area contributed by atoms with Crippen LogP contribution in [-0.2, 0) is 4.57 Å². The van der Waals surface area contributed by atoms with E-state index in [0.29, 0.717) is 0 Å². The van der Waals surface area contributed by atoms with Gasteiger partial charge in [-0.1, -0.05) is 83.5 Å². The maximum atomic E-state index is 14.3. The van der Waals surface area contributed by atoms with Gasteiger partial charge < -0.3 is 0 Å². The lowest BCUT2D eigenvalue weighted by Crippen LogP contribution is -2.30. The highest BCUT2D eigenvalue weighted by molar-refractivity contribution is 9.10. The zero-order chi connectivity index (χ0) is 19.1. The van der Waals surface area contributed by atoms with E-state index in [1.165, 1.54) is 0 Å². The molecule has 0 saturated heterocycles. The predicted octanol–water partition coefficient (Wildman–Crippen LogP) is 5.98. The molecule has 3 aromatic rings. The maximum absolute atomic E-state index is 14.3. The second kappa shape index (κ2) is 9.32. The Morgan fingerprint density at radius 3 is 1.89 bits per heavy atom. The van der Waals surface area contributed by atoms with Gasteiger partial charge in [-0.2, -0.15) is 0 Å². The number of hydrogen-bond acceptors (Lipinski definition) is 1. The van der Waals surface area contributed by atoms with Gasteiger partial charge >= 0.3 is 0 Å². The molecule has 1 unspecified atom stereocenters. The second-order valence-corrected chi connectivity index (χ2v) is 9.70.